The maximum Gasteiger partial charge on any atom is 0.373 e. The van der Waals surface area contributed by atoms with E-state index in [9.17, 15) is 4.79 Å². The van der Waals surface area contributed by atoms with E-state index in [4.69, 9.17) is 0 Å². The van der Waals surface area contributed by atoms with Gasteiger partial charge in [0.15, 0.2) is 0 Å². The predicted octanol–water partition coefficient (Wildman–Crippen LogP) is 2.75. The van der Waals surface area contributed by atoms with E-state index in [0.29, 0.717) is 12.2 Å². The molecule has 1 aromatic rings. The average Bonchev–Trinajstić information content (AvgIpc) is 2.27. The van der Waals surface area contributed by atoms with Crippen LogP contribution in [-0.2, 0) is 16.2 Å². The Kier molecular flexibility index (Phi) is 4.84. The maximum atomic E-state index is 11.6. The van der Waals surface area contributed by atoms with Gasteiger partial charge in [0.2, 0.25) is 0 Å². The number of benzene rings is 1. The molecule has 0 amide bonds. The van der Waals surface area contributed by atoms with Crippen LogP contribution in [0.25, 0.3) is 0 Å². The minimum atomic E-state index is -0.416. The summed E-state index contributed by atoms with van der Waals surface area (Å²) in [5, 5.41) is 0. The van der Waals surface area contributed by atoms with Gasteiger partial charge >= 0.3 is 5.97 Å². The van der Waals surface area contributed by atoms with Gasteiger partial charge in [-0.1, -0.05) is 31.5 Å². The first-order valence-electron chi connectivity index (χ1n) is 5.21. The standard InChI is InChI=1S/C12H16O3/c1-3-7-10-8-5-6-9-11(10)12(13)15-14-4-2/h5-6,8-9H,3-4,7H2,1-2H3. The van der Waals surface area contributed by atoms with E-state index in [0.717, 1.165) is 18.4 Å². The number of rotatable bonds is 5. The fourth-order valence-electron chi connectivity index (χ4n) is 1.36. The first-order valence-corrected chi connectivity index (χ1v) is 5.21. The lowest BCUT2D eigenvalue weighted by Crippen LogP contribution is -2.08. The normalized spacial score (nSPS) is 10.0. The molecule has 0 bridgehead atoms. The molecule has 0 aliphatic heterocycles. The molecule has 0 radical (unpaired) electrons. The van der Waals surface area contributed by atoms with Gasteiger partial charge in [-0.15, -0.1) is 0 Å². The van der Waals surface area contributed by atoms with Gasteiger partial charge in [-0.3, -0.25) is 4.89 Å². The van der Waals surface area contributed by atoms with Gasteiger partial charge in [0.05, 0.1) is 12.2 Å². The molecular formula is C12H16O3. The summed E-state index contributed by atoms with van der Waals surface area (Å²) < 4.78 is 0. The molecule has 0 fully saturated rings. The fraction of sp³-hybridized carbons (Fsp3) is 0.417. The Hall–Kier alpha value is -1.35. The molecule has 0 aliphatic rings. The van der Waals surface area contributed by atoms with E-state index < -0.39 is 5.97 Å². The lowest BCUT2D eigenvalue weighted by atomic mass is 10.0. The SMILES string of the molecule is CCCc1ccccc1C(=O)OOCC. The van der Waals surface area contributed by atoms with Crippen LogP contribution in [0.1, 0.15) is 36.2 Å². The molecule has 3 heteroatoms. The Morgan fingerprint density at radius 1 is 1.27 bits per heavy atom. The fourth-order valence-corrected chi connectivity index (χ4v) is 1.36. The van der Waals surface area contributed by atoms with Crippen LogP contribution in [0.2, 0.25) is 0 Å². The minimum absolute atomic E-state index is 0.363. The summed E-state index contributed by atoms with van der Waals surface area (Å²) in [4.78, 5) is 20.8. The van der Waals surface area contributed by atoms with Gasteiger partial charge < -0.3 is 0 Å². The molecule has 3 nitrogen and oxygen atoms in total. The van der Waals surface area contributed by atoms with Crippen LogP contribution in [0.5, 0.6) is 0 Å². The highest BCUT2D eigenvalue weighted by Crippen LogP contribution is 2.12. The van der Waals surface area contributed by atoms with Crippen LogP contribution >= 0.6 is 0 Å². The number of hydrogen-bond acceptors (Lipinski definition) is 3. The molecule has 1 aromatic carbocycles. The second kappa shape index (κ2) is 6.19. The molecule has 15 heavy (non-hydrogen) atoms. The molecule has 0 N–H and O–H groups in total. The van der Waals surface area contributed by atoms with Crippen molar-refractivity contribution in [3.63, 3.8) is 0 Å². The summed E-state index contributed by atoms with van der Waals surface area (Å²) in [5.74, 6) is -0.416. The molecule has 82 valence electrons. The van der Waals surface area contributed by atoms with Gasteiger partial charge in [-0.25, -0.2) is 4.79 Å². The van der Waals surface area contributed by atoms with Gasteiger partial charge in [0.1, 0.15) is 0 Å². The molecule has 0 aromatic heterocycles. The number of hydrogen-bond donors (Lipinski definition) is 0. The van der Waals surface area contributed by atoms with E-state index in [1.165, 1.54) is 0 Å². The first kappa shape index (κ1) is 11.7. The highest BCUT2D eigenvalue weighted by Gasteiger charge is 2.12. The van der Waals surface area contributed by atoms with Crippen molar-refractivity contribution in [2.75, 3.05) is 6.61 Å². The topological polar surface area (TPSA) is 35.5 Å². The van der Waals surface area contributed by atoms with E-state index >= 15 is 0 Å². The summed E-state index contributed by atoms with van der Waals surface area (Å²) in [6.07, 6.45) is 1.87. The molecule has 0 atom stereocenters. The summed E-state index contributed by atoms with van der Waals surface area (Å²) >= 11 is 0. The van der Waals surface area contributed by atoms with Crippen molar-refractivity contribution in [3.8, 4) is 0 Å². The zero-order valence-electron chi connectivity index (χ0n) is 9.16. The van der Waals surface area contributed by atoms with Crippen molar-refractivity contribution in [3.05, 3.63) is 35.4 Å². The third-order valence-electron chi connectivity index (χ3n) is 2.01. The van der Waals surface area contributed by atoms with E-state index in [-0.39, 0.29) is 0 Å². The second-order valence-corrected chi connectivity index (χ2v) is 3.18. The van der Waals surface area contributed by atoms with Crippen LogP contribution in [0.4, 0.5) is 0 Å². The molecule has 0 unspecified atom stereocenters. The Bertz CT molecular complexity index is 320. The minimum Gasteiger partial charge on any atom is -0.293 e. The van der Waals surface area contributed by atoms with Gasteiger partial charge in [0.25, 0.3) is 0 Å². The predicted molar refractivity (Wildman–Crippen MR) is 57.5 cm³/mol. The van der Waals surface area contributed by atoms with Crippen molar-refractivity contribution in [2.24, 2.45) is 0 Å². The number of carbonyl (C=O) groups is 1. The van der Waals surface area contributed by atoms with Crippen molar-refractivity contribution in [1.29, 1.82) is 0 Å². The summed E-state index contributed by atoms with van der Waals surface area (Å²) in [6.45, 7) is 4.21. The molecule has 0 saturated heterocycles. The lowest BCUT2D eigenvalue weighted by Gasteiger charge is -2.06. The van der Waals surface area contributed by atoms with Gasteiger partial charge in [-0.2, -0.15) is 4.89 Å². The first-order chi connectivity index (χ1) is 7.29. The summed E-state index contributed by atoms with van der Waals surface area (Å²) in [6, 6.07) is 7.43. The van der Waals surface area contributed by atoms with Crippen LogP contribution in [0, 0.1) is 0 Å². The van der Waals surface area contributed by atoms with Crippen molar-refractivity contribution >= 4 is 5.97 Å². The highest BCUT2D eigenvalue weighted by molar-refractivity contribution is 5.90. The summed E-state index contributed by atoms with van der Waals surface area (Å²) in [7, 11) is 0. The molecule has 0 saturated carbocycles. The van der Waals surface area contributed by atoms with Crippen LogP contribution in [0.15, 0.2) is 24.3 Å². The molecule has 0 heterocycles. The largest absolute Gasteiger partial charge is 0.373 e. The van der Waals surface area contributed by atoms with E-state index in [1.54, 1.807) is 13.0 Å². The number of carbonyl (C=O) groups excluding carboxylic acids is 1. The zero-order valence-corrected chi connectivity index (χ0v) is 9.16. The van der Waals surface area contributed by atoms with Crippen LogP contribution in [0.3, 0.4) is 0 Å². The molecule has 1 rings (SSSR count). The Labute approximate surface area is 89.9 Å². The van der Waals surface area contributed by atoms with Gasteiger partial charge in [0, 0.05) is 0 Å². The van der Waals surface area contributed by atoms with Crippen molar-refractivity contribution in [1.82, 2.24) is 0 Å². The van der Waals surface area contributed by atoms with Crippen LogP contribution in [-0.4, -0.2) is 12.6 Å². The molecular weight excluding hydrogens is 192 g/mol. The quantitative estimate of drug-likeness (QED) is 0.551. The second-order valence-electron chi connectivity index (χ2n) is 3.18. The Morgan fingerprint density at radius 2 is 2.00 bits per heavy atom. The smallest absolute Gasteiger partial charge is 0.293 e. The molecule has 0 spiro atoms. The van der Waals surface area contributed by atoms with Crippen LogP contribution < -0.4 is 0 Å². The number of aryl methyl sites for hydroxylation is 1. The van der Waals surface area contributed by atoms with E-state index in [2.05, 4.69) is 16.7 Å². The van der Waals surface area contributed by atoms with Crippen molar-refractivity contribution in [2.45, 2.75) is 26.7 Å². The summed E-state index contributed by atoms with van der Waals surface area (Å²) in [5.41, 5.74) is 1.59. The van der Waals surface area contributed by atoms with Gasteiger partial charge in [-0.05, 0) is 25.0 Å². The Balaban J connectivity index is 2.77. The maximum absolute atomic E-state index is 11.6. The molecule has 0 aliphatic carbocycles. The average molecular weight is 208 g/mol. The monoisotopic (exact) mass is 208 g/mol. The highest BCUT2D eigenvalue weighted by atomic mass is 17.2. The lowest BCUT2D eigenvalue weighted by molar-refractivity contribution is -0.236. The zero-order chi connectivity index (χ0) is 11.1. The Morgan fingerprint density at radius 3 is 2.67 bits per heavy atom. The third kappa shape index (κ3) is 3.36. The van der Waals surface area contributed by atoms with E-state index in [1.807, 2.05) is 18.2 Å². The third-order valence-corrected chi connectivity index (χ3v) is 2.01. The van der Waals surface area contributed by atoms with Crippen molar-refractivity contribution < 1.29 is 14.6 Å².